The SMILES string of the molecule is Cc1cc(-c2[c-]c(-n3c4[c-]c(C5(c6ccccn6)c6ccccc6[Si](C)(C)c6ccccc65)ccc4c4ccccc43)ccc2)[n-]n1.[Au+3]. The minimum Gasteiger partial charge on any atom is -0.619 e. The molecule has 234 valence electrons. The fourth-order valence-electron chi connectivity index (χ4n) is 7.91. The van der Waals surface area contributed by atoms with Crippen molar-refractivity contribution in [1.29, 1.82) is 0 Å². The second-order valence-corrected chi connectivity index (χ2v) is 17.3. The van der Waals surface area contributed by atoms with E-state index in [2.05, 4.69) is 149 Å². The molecule has 0 fully saturated rings. The third-order valence-corrected chi connectivity index (χ3v) is 13.6. The fourth-order valence-corrected chi connectivity index (χ4v) is 11.1. The van der Waals surface area contributed by atoms with Crippen molar-refractivity contribution in [2.24, 2.45) is 0 Å². The van der Waals surface area contributed by atoms with Crippen LogP contribution >= 0.6 is 0 Å². The van der Waals surface area contributed by atoms with Crippen molar-refractivity contribution >= 4 is 40.3 Å². The molecule has 5 aromatic carbocycles. The van der Waals surface area contributed by atoms with E-state index >= 15 is 0 Å². The van der Waals surface area contributed by atoms with Crippen LogP contribution < -0.4 is 15.5 Å². The van der Waals surface area contributed by atoms with Crippen LogP contribution in [0.1, 0.15) is 28.1 Å². The molecule has 48 heavy (non-hydrogen) atoms. The van der Waals surface area contributed by atoms with Crippen molar-refractivity contribution in [1.82, 2.24) is 19.7 Å². The predicted molar refractivity (Wildman–Crippen MR) is 193 cm³/mol. The first-order chi connectivity index (χ1) is 23.0. The minimum atomic E-state index is -2.03. The van der Waals surface area contributed by atoms with Crippen LogP contribution in [0.15, 0.2) is 134 Å². The molecular formula is C42H31AuN4Si. The molecule has 0 unspecified atom stereocenters. The molecule has 1 aliphatic rings. The van der Waals surface area contributed by atoms with Gasteiger partial charge < -0.3 is 14.8 Å². The van der Waals surface area contributed by atoms with Crippen molar-refractivity contribution in [3.63, 3.8) is 0 Å². The molecule has 0 radical (unpaired) electrons. The molecule has 1 aliphatic heterocycles. The zero-order chi connectivity index (χ0) is 31.8. The van der Waals surface area contributed by atoms with Crippen molar-refractivity contribution in [2.45, 2.75) is 25.4 Å². The van der Waals surface area contributed by atoms with E-state index in [1.807, 2.05) is 31.3 Å². The van der Waals surface area contributed by atoms with E-state index in [0.29, 0.717) is 0 Å². The Hall–Kier alpha value is -4.78. The Morgan fingerprint density at radius 2 is 1.42 bits per heavy atom. The van der Waals surface area contributed by atoms with E-state index in [1.54, 1.807) is 0 Å². The number of pyridine rings is 1. The largest absolute Gasteiger partial charge is 3.00 e. The van der Waals surface area contributed by atoms with E-state index in [9.17, 15) is 0 Å². The van der Waals surface area contributed by atoms with Crippen LogP contribution in [-0.2, 0) is 27.8 Å². The van der Waals surface area contributed by atoms with Crippen molar-refractivity contribution < 1.29 is 22.4 Å². The maximum absolute atomic E-state index is 5.12. The molecule has 6 heteroatoms. The van der Waals surface area contributed by atoms with Gasteiger partial charge in [-0.15, -0.1) is 35.2 Å². The van der Waals surface area contributed by atoms with E-state index in [1.165, 1.54) is 26.9 Å². The third-order valence-electron chi connectivity index (χ3n) is 10.0. The number of para-hydroxylation sites is 1. The van der Waals surface area contributed by atoms with Gasteiger partial charge in [0.15, 0.2) is 0 Å². The van der Waals surface area contributed by atoms with Gasteiger partial charge in [0.25, 0.3) is 0 Å². The molecule has 0 N–H and O–H groups in total. The quantitative estimate of drug-likeness (QED) is 0.136. The number of fused-ring (bicyclic) bond motifs is 5. The van der Waals surface area contributed by atoms with Gasteiger partial charge in [0.2, 0.25) is 0 Å². The summed E-state index contributed by atoms with van der Waals surface area (Å²) < 4.78 is 2.30. The Morgan fingerprint density at radius 1 is 0.708 bits per heavy atom. The average Bonchev–Trinajstić information content (AvgIpc) is 3.70. The normalized spacial score (nSPS) is 14.3. The summed E-state index contributed by atoms with van der Waals surface area (Å²) in [6.45, 7) is 6.91. The smallest absolute Gasteiger partial charge is 0.619 e. The summed E-state index contributed by atoms with van der Waals surface area (Å²) >= 11 is 0. The van der Waals surface area contributed by atoms with Gasteiger partial charge in [-0.25, -0.2) is 5.69 Å². The predicted octanol–water partition coefficient (Wildman–Crippen LogP) is 7.62. The van der Waals surface area contributed by atoms with Crippen LogP contribution in [0.2, 0.25) is 13.1 Å². The second kappa shape index (κ2) is 11.4. The van der Waals surface area contributed by atoms with Gasteiger partial charge in [0, 0.05) is 17.4 Å². The van der Waals surface area contributed by atoms with Crippen LogP contribution in [0.3, 0.4) is 0 Å². The van der Waals surface area contributed by atoms with Gasteiger partial charge in [-0.2, -0.15) is 23.8 Å². The number of nitrogens with zero attached hydrogens (tertiary/aromatic N) is 4. The Bertz CT molecular complexity index is 2430. The van der Waals surface area contributed by atoms with E-state index in [4.69, 9.17) is 4.98 Å². The zero-order valence-electron chi connectivity index (χ0n) is 26.8. The van der Waals surface area contributed by atoms with Gasteiger partial charge >= 0.3 is 22.4 Å². The Kier molecular flexibility index (Phi) is 7.27. The summed E-state index contributed by atoms with van der Waals surface area (Å²) in [5.41, 5.74) is 9.71. The topological polar surface area (TPSA) is 44.8 Å². The van der Waals surface area contributed by atoms with Gasteiger partial charge in [0.1, 0.15) is 8.07 Å². The van der Waals surface area contributed by atoms with Crippen LogP contribution in [0.5, 0.6) is 0 Å². The molecule has 0 atom stereocenters. The Balaban J connectivity index is 0.00000336. The van der Waals surface area contributed by atoms with Gasteiger partial charge in [0.05, 0.1) is 11.1 Å². The number of rotatable bonds is 4. The maximum Gasteiger partial charge on any atom is 3.00 e. The molecule has 8 aromatic rings. The van der Waals surface area contributed by atoms with Gasteiger partial charge in [-0.3, -0.25) is 4.98 Å². The van der Waals surface area contributed by atoms with E-state index in [0.717, 1.165) is 50.3 Å². The van der Waals surface area contributed by atoms with E-state index < -0.39 is 13.5 Å². The van der Waals surface area contributed by atoms with Crippen molar-refractivity contribution in [2.75, 3.05) is 0 Å². The molecule has 0 bridgehead atoms. The molecule has 4 nitrogen and oxygen atoms in total. The standard InChI is InChI=1S/C42H31N4Si.Au/c1-28-25-36(45-44-28)29-13-12-14-31(26-29)46-37-18-7-4-15-32(37)33-23-22-30(27-38(33)46)42(41-21-10-11-24-43-41)34-16-5-8-19-39(34)47(2,3)40-20-9-6-17-35(40)42;/h4-25H,1-3H3;/q-3;+3. The maximum atomic E-state index is 5.12. The minimum absolute atomic E-state index is 0. The summed E-state index contributed by atoms with van der Waals surface area (Å²) in [7, 11) is -2.03. The van der Waals surface area contributed by atoms with Crippen LogP contribution in [0, 0.1) is 19.1 Å². The first-order valence-electron chi connectivity index (χ1n) is 16.1. The zero-order valence-corrected chi connectivity index (χ0v) is 30.0. The average molecular weight is 817 g/mol. The molecule has 0 saturated carbocycles. The monoisotopic (exact) mass is 816 g/mol. The molecule has 9 rings (SSSR count). The van der Waals surface area contributed by atoms with Crippen LogP contribution in [-0.4, -0.2) is 22.7 Å². The van der Waals surface area contributed by atoms with E-state index in [-0.39, 0.29) is 22.4 Å². The molecule has 0 aliphatic carbocycles. The summed E-state index contributed by atoms with van der Waals surface area (Å²) in [5.74, 6) is 0. The number of benzene rings is 5. The molecule has 4 heterocycles. The first-order valence-corrected chi connectivity index (χ1v) is 19.1. The molecule has 0 saturated heterocycles. The fraction of sp³-hybridized carbons (Fsp3) is 0.0952. The summed E-state index contributed by atoms with van der Waals surface area (Å²) in [6, 6.07) is 53.5. The third kappa shape index (κ3) is 4.32. The van der Waals surface area contributed by atoms with Gasteiger partial charge in [-0.1, -0.05) is 97.5 Å². The summed E-state index contributed by atoms with van der Waals surface area (Å²) in [4.78, 5) is 5.12. The second-order valence-electron chi connectivity index (χ2n) is 13.0. The van der Waals surface area contributed by atoms with Crippen LogP contribution in [0.4, 0.5) is 0 Å². The number of aromatic nitrogens is 4. The van der Waals surface area contributed by atoms with Crippen LogP contribution in [0.25, 0.3) is 38.8 Å². The molecule has 3 aromatic heterocycles. The number of hydrogen-bond acceptors (Lipinski definition) is 2. The molecule has 0 amide bonds. The Labute approximate surface area is 297 Å². The Morgan fingerprint density at radius 3 is 2.12 bits per heavy atom. The van der Waals surface area contributed by atoms with Crippen molar-refractivity contribution in [3.8, 4) is 16.9 Å². The molecular weight excluding hydrogens is 786 g/mol. The summed E-state index contributed by atoms with van der Waals surface area (Å²) in [6.07, 6.45) is 1.92. The number of aryl methyl sites for hydroxylation is 1. The first kappa shape index (κ1) is 30.5. The number of hydrogen-bond donors (Lipinski definition) is 0. The summed E-state index contributed by atoms with van der Waals surface area (Å²) in [5, 5.41) is 13.8. The molecule has 0 spiro atoms. The van der Waals surface area contributed by atoms with Gasteiger partial charge in [-0.05, 0) is 57.7 Å². The van der Waals surface area contributed by atoms with Crippen molar-refractivity contribution in [3.05, 3.63) is 174 Å².